The van der Waals surface area contributed by atoms with E-state index in [4.69, 9.17) is 9.47 Å². The molecule has 4 rings (SSSR count). The van der Waals surface area contributed by atoms with Crippen molar-refractivity contribution < 1.29 is 23.4 Å². The zero-order valence-electron chi connectivity index (χ0n) is 17.9. The lowest BCUT2D eigenvalue weighted by molar-refractivity contribution is -0.0330. The summed E-state index contributed by atoms with van der Waals surface area (Å²) in [6.45, 7) is 1.87. The van der Waals surface area contributed by atoms with E-state index in [9.17, 15) is 13.9 Å². The first-order valence-corrected chi connectivity index (χ1v) is 10.6. The van der Waals surface area contributed by atoms with Crippen molar-refractivity contribution in [3.63, 3.8) is 0 Å². The van der Waals surface area contributed by atoms with Crippen molar-refractivity contribution >= 4 is 0 Å². The maximum Gasteiger partial charge on any atom is 0.132 e. The number of pyridine rings is 1. The summed E-state index contributed by atoms with van der Waals surface area (Å²) in [7, 11) is 1.61. The molecule has 0 spiro atoms. The first-order chi connectivity index (χ1) is 15.5. The van der Waals surface area contributed by atoms with Gasteiger partial charge in [0.15, 0.2) is 0 Å². The van der Waals surface area contributed by atoms with Gasteiger partial charge in [0.05, 0.1) is 24.0 Å². The summed E-state index contributed by atoms with van der Waals surface area (Å²) in [5.41, 5.74) is 0.00550. The second-order valence-electron chi connectivity index (χ2n) is 7.99. The molecule has 0 radical (unpaired) electrons. The van der Waals surface area contributed by atoms with Crippen LogP contribution in [0, 0.1) is 11.6 Å². The van der Waals surface area contributed by atoms with E-state index in [0.717, 1.165) is 17.0 Å². The van der Waals surface area contributed by atoms with Gasteiger partial charge in [-0.25, -0.2) is 8.78 Å². The van der Waals surface area contributed by atoms with Crippen molar-refractivity contribution in [3.05, 3.63) is 89.2 Å². The number of benzene rings is 2. The molecule has 0 aliphatic carbocycles. The smallest absolute Gasteiger partial charge is 0.132 e. The van der Waals surface area contributed by atoms with Crippen LogP contribution in [0.3, 0.4) is 0 Å². The van der Waals surface area contributed by atoms with Crippen LogP contribution in [0.4, 0.5) is 8.78 Å². The first-order valence-electron chi connectivity index (χ1n) is 10.6. The van der Waals surface area contributed by atoms with Gasteiger partial charge in [-0.05, 0) is 55.3 Å². The second-order valence-corrected chi connectivity index (χ2v) is 7.99. The number of rotatable bonds is 7. The van der Waals surface area contributed by atoms with Crippen LogP contribution >= 0.6 is 0 Å². The summed E-state index contributed by atoms with van der Waals surface area (Å²) in [6, 6.07) is 15.0. The van der Waals surface area contributed by atoms with Gasteiger partial charge in [0, 0.05) is 31.4 Å². The summed E-state index contributed by atoms with van der Waals surface area (Å²) in [5, 5.41) is 11.0. The fourth-order valence-electron chi connectivity index (χ4n) is 4.10. The molecule has 0 bridgehead atoms. The Hall–Kier alpha value is -3.03. The van der Waals surface area contributed by atoms with E-state index in [1.54, 1.807) is 13.3 Å². The Bertz CT molecular complexity index is 1030. The largest absolute Gasteiger partial charge is 0.497 e. The van der Waals surface area contributed by atoms with E-state index >= 15 is 0 Å². The summed E-state index contributed by atoms with van der Waals surface area (Å²) >= 11 is 0. The molecule has 3 aromatic rings. The van der Waals surface area contributed by atoms with Gasteiger partial charge in [0.1, 0.15) is 29.7 Å². The summed E-state index contributed by atoms with van der Waals surface area (Å²) < 4.78 is 39.9. The Morgan fingerprint density at radius 1 is 1.03 bits per heavy atom. The lowest BCUT2D eigenvalue weighted by Gasteiger charge is -2.38. The fourth-order valence-corrected chi connectivity index (χ4v) is 4.10. The molecule has 1 aliphatic rings. The molecule has 0 saturated carbocycles. The summed E-state index contributed by atoms with van der Waals surface area (Å²) in [4.78, 5) is 6.42. The number of hydrogen-bond acceptors (Lipinski definition) is 5. The van der Waals surface area contributed by atoms with Crippen LogP contribution in [-0.4, -0.2) is 35.2 Å². The molecule has 2 heterocycles. The molecule has 1 fully saturated rings. The van der Waals surface area contributed by atoms with Gasteiger partial charge in [0.2, 0.25) is 0 Å². The molecule has 0 amide bonds. The third kappa shape index (κ3) is 4.89. The number of aliphatic hydroxyl groups is 1. The molecule has 0 atom stereocenters. The predicted molar refractivity (Wildman–Crippen MR) is 116 cm³/mol. The Morgan fingerprint density at radius 2 is 1.78 bits per heavy atom. The standard InChI is InChI=1S/C25H26F2N2O3/c1-31-20-8-9-23(32-17-19-5-2-3-12-28-19)18(15-20)16-29-13-10-25(30,11-14-29)24-21(26)6-4-7-22(24)27/h2-9,12,15,30H,10-11,13-14,16-17H2,1H3. The zero-order valence-corrected chi connectivity index (χ0v) is 17.9. The Kier molecular flexibility index (Phi) is 6.67. The van der Waals surface area contributed by atoms with Gasteiger partial charge < -0.3 is 14.6 Å². The highest BCUT2D eigenvalue weighted by Crippen LogP contribution is 2.37. The van der Waals surface area contributed by atoms with Crippen molar-refractivity contribution in [1.29, 1.82) is 0 Å². The molecule has 1 saturated heterocycles. The first kappa shape index (κ1) is 22.2. The van der Waals surface area contributed by atoms with E-state index in [1.165, 1.54) is 18.2 Å². The molecule has 0 unspecified atom stereocenters. The number of piperidine rings is 1. The number of methoxy groups -OCH3 is 1. The van der Waals surface area contributed by atoms with E-state index in [1.807, 2.05) is 36.4 Å². The van der Waals surface area contributed by atoms with Crippen LogP contribution in [0.25, 0.3) is 0 Å². The average Bonchev–Trinajstić information content (AvgIpc) is 2.80. The quantitative estimate of drug-likeness (QED) is 0.589. The average molecular weight is 440 g/mol. The lowest BCUT2D eigenvalue weighted by atomic mass is 9.83. The van der Waals surface area contributed by atoms with Gasteiger partial charge in [-0.2, -0.15) is 0 Å². The zero-order chi connectivity index (χ0) is 22.6. The van der Waals surface area contributed by atoms with Crippen molar-refractivity contribution in [2.75, 3.05) is 20.2 Å². The molecular weight excluding hydrogens is 414 g/mol. The Labute approximate surface area is 186 Å². The molecule has 5 nitrogen and oxygen atoms in total. The Morgan fingerprint density at radius 3 is 2.44 bits per heavy atom. The van der Waals surface area contributed by atoms with Crippen LogP contribution in [0.2, 0.25) is 0 Å². The van der Waals surface area contributed by atoms with E-state index in [-0.39, 0.29) is 18.4 Å². The number of ether oxygens (including phenoxy) is 2. The molecule has 1 N–H and O–H groups in total. The Balaban J connectivity index is 1.46. The van der Waals surface area contributed by atoms with Crippen LogP contribution in [0.1, 0.15) is 29.7 Å². The molecule has 1 aliphatic heterocycles. The molecule has 32 heavy (non-hydrogen) atoms. The van der Waals surface area contributed by atoms with Crippen molar-refractivity contribution in [3.8, 4) is 11.5 Å². The minimum atomic E-state index is -1.52. The normalized spacial score (nSPS) is 16.0. The summed E-state index contributed by atoms with van der Waals surface area (Å²) in [5.74, 6) is 0.0162. The van der Waals surface area contributed by atoms with Gasteiger partial charge in [-0.3, -0.25) is 9.88 Å². The van der Waals surface area contributed by atoms with Gasteiger partial charge >= 0.3 is 0 Å². The van der Waals surface area contributed by atoms with Gasteiger partial charge in [-0.1, -0.05) is 12.1 Å². The number of halogens is 2. The third-order valence-corrected chi connectivity index (χ3v) is 5.87. The molecule has 168 valence electrons. The maximum atomic E-state index is 14.2. The van der Waals surface area contributed by atoms with Crippen molar-refractivity contribution in [2.45, 2.75) is 31.6 Å². The molecular formula is C25H26F2N2O3. The molecule has 2 aromatic carbocycles. The number of aromatic nitrogens is 1. The van der Waals surface area contributed by atoms with Crippen LogP contribution in [0.5, 0.6) is 11.5 Å². The van der Waals surface area contributed by atoms with Crippen LogP contribution in [-0.2, 0) is 18.8 Å². The number of likely N-dealkylation sites (tertiary alicyclic amines) is 1. The third-order valence-electron chi connectivity index (χ3n) is 5.87. The lowest BCUT2D eigenvalue weighted by Crippen LogP contribution is -2.43. The topological polar surface area (TPSA) is 54.8 Å². The minimum Gasteiger partial charge on any atom is -0.497 e. The monoisotopic (exact) mass is 440 g/mol. The second kappa shape index (κ2) is 9.63. The SMILES string of the molecule is COc1ccc(OCc2ccccn2)c(CN2CCC(O)(c3c(F)cccc3F)CC2)c1. The highest BCUT2D eigenvalue weighted by Gasteiger charge is 2.38. The van der Waals surface area contributed by atoms with E-state index < -0.39 is 17.2 Å². The number of hydrogen-bond donors (Lipinski definition) is 1. The number of nitrogens with zero attached hydrogens (tertiary/aromatic N) is 2. The van der Waals surface area contributed by atoms with Crippen molar-refractivity contribution in [2.24, 2.45) is 0 Å². The highest BCUT2D eigenvalue weighted by molar-refractivity contribution is 5.40. The van der Waals surface area contributed by atoms with Gasteiger partial charge in [0.25, 0.3) is 0 Å². The van der Waals surface area contributed by atoms with Crippen LogP contribution < -0.4 is 9.47 Å². The fraction of sp³-hybridized carbons (Fsp3) is 0.320. The predicted octanol–water partition coefficient (Wildman–Crippen LogP) is 4.43. The van der Waals surface area contributed by atoms with E-state index in [0.29, 0.717) is 32.0 Å². The van der Waals surface area contributed by atoms with E-state index in [2.05, 4.69) is 9.88 Å². The van der Waals surface area contributed by atoms with Gasteiger partial charge in [-0.15, -0.1) is 0 Å². The van der Waals surface area contributed by atoms with Crippen LogP contribution in [0.15, 0.2) is 60.8 Å². The molecule has 7 heteroatoms. The molecule has 1 aromatic heterocycles. The highest BCUT2D eigenvalue weighted by atomic mass is 19.1. The maximum absolute atomic E-state index is 14.2. The summed E-state index contributed by atoms with van der Waals surface area (Å²) in [6.07, 6.45) is 2.19. The minimum absolute atomic E-state index is 0.235. The van der Waals surface area contributed by atoms with Crippen molar-refractivity contribution in [1.82, 2.24) is 9.88 Å².